The number of rotatable bonds is 2. The highest BCUT2D eigenvalue weighted by Crippen LogP contribution is 2.43. The minimum absolute atomic E-state index is 0.0553. The Labute approximate surface area is 146 Å². The molecule has 25 heavy (non-hydrogen) atoms. The summed E-state index contributed by atoms with van der Waals surface area (Å²) in [6.45, 7) is 0.593. The molecular formula is C22H17NO2. The van der Waals surface area contributed by atoms with Gasteiger partial charge < -0.3 is 4.74 Å². The van der Waals surface area contributed by atoms with Gasteiger partial charge in [-0.1, -0.05) is 66.7 Å². The summed E-state index contributed by atoms with van der Waals surface area (Å²) in [6, 6.07) is 24.4. The molecule has 0 aliphatic carbocycles. The second kappa shape index (κ2) is 5.49. The number of fused-ring (bicyclic) bond motifs is 4. The lowest BCUT2D eigenvalue weighted by Gasteiger charge is -2.33. The van der Waals surface area contributed by atoms with Gasteiger partial charge in [-0.15, -0.1) is 0 Å². The maximum absolute atomic E-state index is 12.7. The molecule has 0 saturated carbocycles. The fourth-order valence-corrected chi connectivity index (χ4v) is 3.78. The van der Waals surface area contributed by atoms with E-state index in [0.717, 1.165) is 28.9 Å². The second-order valence-corrected chi connectivity index (χ2v) is 6.56. The van der Waals surface area contributed by atoms with Crippen LogP contribution in [0, 0.1) is 0 Å². The van der Waals surface area contributed by atoms with Crippen LogP contribution in [0.25, 0.3) is 0 Å². The first kappa shape index (κ1) is 14.3. The lowest BCUT2D eigenvalue weighted by Crippen LogP contribution is -2.34. The lowest BCUT2D eigenvalue weighted by atomic mass is 10.00. The van der Waals surface area contributed by atoms with Crippen molar-refractivity contribution in [3.05, 3.63) is 101 Å². The van der Waals surface area contributed by atoms with Crippen molar-refractivity contribution in [3.63, 3.8) is 0 Å². The summed E-state index contributed by atoms with van der Waals surface area (Å²) in [5.74, 6) is 0.983. The molecule has 1 atom stereocenters. The molecule has 0 bridgehead atoms. The van der Waals surface area contributed by atoms with Crippen molar-refractivity contribution < 1.29 is 9.53 Å². The van der Waals surface area contributed by atoms with Gasteiger partial charge in [0.15, 0.2) is 0 Å². The van der Waals surface area contributed by atoms with Crippen LogP contribution in [0.4, 0.5) is 0 Å². The van der Waals surface area contributed by atoms with Gasteiger partial charge in [0.1, 0.15) is 5.75 Å². The van der Waals surface area contributed by atoms with Gasteiger partial charge in [0.25, 0.3) is 5.91 Å². The van der Waals surface area contributed by atoms with Gasteiger partial charge in [0.2, 0.25) is 6.23 Å². The summed E-state index contributed by atoms with van der Waals surface area (Å²) >= 11 is 0. The average Bonchev–Trinajstić information content (AvgIpc) is 2.94. The average molecular weight is 327 g/mol. The summed E-state index contributed by atoms with van der Waals surface area (Å²) < 4.78 is 6.36. The molecule has 0 fully saturated rings. The van der Waals surface area contributed by atoms with E-state index < -0.39 is 0 Å². The normalized spacial score (nSPS) is 17.5. The molecule has 2 heterocycles. The molecule has 0 saturated heterocycles. The molecule has 5 rings (SSSR count). The van der Waals surface area contributed by atoms with Gasteiger partial charge in [0, 0.05) is 23.1 Å². The molecule has 3 nitrogen and oxygen atoms in total. The van der Waals surface area contributed by atoms with E-state index in [-0.39, 0.29) is 12.1 Å². The van der Waals surface area contributed by atoms with E-state index in [1.54, 1.807) is 0 Å². The highest BCUT2D eigenvalue weighted by atomic mass is 16.5. The number of ether oxygens (including phenoxy) is 1. The Kier molecular flexibility index (Phi) is 3.14. The molecule has 3 aromatic carbocycles. The van der Waals surface area contributed by atoms with Gasteiger partial charge in [-0.05, 0) is 17.2 Å². The number of carbonyl (C=O) groups excluding carboxylic acids is 1. The first-order chi connectivity index (χ1) is 12.3. The van der Waals surface area contributed by atoms with E-state index in [0.29, 0.717) is 6.54 Å². The third-order valence-electron chi connectivity index (χ3n) is 4.99. The zero-order valence-corrected chi connectivity index (χ0v) is 13.7. The Morgan fingerprint density at radius 2 is 1.72 bits per heavy atom. The molecule has 0 N–H and O–H groups in total. The van der Waals surface area contributed by atoms with Crippen LogP contribution in [0.15, 0.2) is 72.8 Å². The van der Waals surface area contributed by atoms with Crippen LogP contribution in [0.3, 0.4) is 0 Å². The van der Waals surface area contributed by atoms with Crippen LogP contribution < -0.4 is 4.74 Å². The second-order valence-electron chi connectivity index (χ2n) is 6.56. The Hall–Kier alpha value is -3.07. The van der Waals surface area contributed by atoms with Crippen molar-refractivity contribution in [2.45, 2.75) is 19.2 Å². The van der Waals surface area contributed by atoms with Crippen molar-refractivity contribution in [1.29, 1.82) is 0 Å². The summed E-state index contributed by atoms with van der Waals surface area (Å²) in [6.07, 6.45) is 0.514. The summed E-state index contributed by atoms with van der Waals surface area (Å²) in [5.41, 5.74) is 5.22. The van der Waals surface area contributed by atoms with Crippen LogP contribution in [0.5, 0.6) is 5.75 Å². The quantitative estimate of drug-likeness (QED) is 0.701. The van der Waals surface area contributed by atoms with Crippen LogP contribution in [-0.4, -0.2) is 10.8 Å². The van der Waals surface area contributed by atoms with E-state index in [1.165, 1.54) is 11.1 Å². The molecule has 0 aromatic heterocycles. The largest absolute Gasteiger partial charge is 0.465 e. The molecule has 3 heteroatoms. The molecule has 2 aliphatic heterocycles. The standard InChI is InChI=1S/C22H17NO2/c24-21-18-11-4-5-12-19(18)22-23(21)14-17-10-6-9-16(20(17)25-22)13-15-7-2-1-3-8-15/h1-12,22H,13-14H2. The van der Waals surface area contributed by atoms with Gasteiger partial charge in [0.05, 0.1) is 6.54 Å². The fourth-order valence-electron chi connectivity index (χ4n) is 3.78. The number of amides is 1. The molecule has 1 amide bonds. The Morgan fingerprint density at radius 1 is 0.920 bits per heavy atom. The predicted molar refractivity (Wildman–Crippen MR) is 95.4 cm³/mol. The predicted octanol–water partition coefficient (Wildman–Crippen LogP) is 4.32. The van der Waals surface area contributed by atoms with E-state index >= 15 is 0 Å². The van der Waals surface area contributed by atoms with Crippen LogP contribution in [-0.2, 0) is 13.0 Å². The monoisotopic (exact) mass is 327 g/mol. The number of hydrogen-bond acceptors (Lipinski definition) is 2. The van der Waals surface area contributed by atoms with Crippen molar-refractivity contribution in [2.75, 3.05) is 0 Å². The van der Waals surface area contributed by atoms with Crippen LogP contribution >= 0.6 is 0 Å². The van der Waals surface area contributed by atoms with Crippen molar-refractivity contribution in [2.24, 2.45) is 0 Å². The summed E-state index contributed by atoms with van der Waals surface area (Å²) in [4.78, 5) is 14.5. The zero-order chi connectivity index (χ0) is 16.8. The molecule has 1 unspecified atom stereocenters. The minimum atomic E-state index is -0.312. The fraction of sp³-hybridized carbons (Fsp3) is 0.136. The molecule has 0 radical (unpaired) electrons. The van der Waals surface area contributed by atoms with E-state index in [1.807, 2.05) is 35.2 Å². The summed E-state index contributed by atoms with van der Waals surface area (Å²) in [7, 11) is 0. The molecule has 0 spiro atoms. The first-order valence-electron chi connectivity index (χ1n) is 8.52. The first-order valence-corrected chi connectivity index (χ1v) is 8.52. The third kappa shape index (κ3) is 2.23. The highest BCUT2D eigenvalue weighted by Gasteiger charge is 2.41. The number of carbonyl (C=O) groups is 1. The maximum Gasteiger partial charge on any atom is 0.257 e. The van der Waals surface area contributed by atoms with Crippen LogP contribution in [0.2, 0.25) is 0 Å². The zero-order valence-electron chi connectivity index (χ0n) is 13.7. The van der Waals surface area contributed by atoms with Gasteiger partial charge >= 0.3 is 0 Å². The highest BCUT2D eigenvalue weighted by molar-refractivity contribution is 5.99. The number of hydrogen-bond donors (Lipinski definition) is 0. The van der Waals surface area contributed by atoms with E-state index in [9.17, 15) is 4.79 Å². The SMILES string of the molecule is O=C1c2ccccc2C2Oc3c(Cc4ccccc4)cccc3CN12. The third-order valence-corrected chi connectivity index (χ3v) is 4.99. The van der Waals surface area contributed by atoms with Crippen molar-refractivity contribution in [3.8, 4) is 5.75 Å². The number of nitrogens with zero attached hydrogens (tertiary/aromatic N) is 1. The maximum atomic E-state index is 12.7. The molecule has 2 aliphatic rings. The topological polar surface area (TPSA) is 29.5 Å². The van der Waals surface area contributed by atoms with Crippen LogP contribution in [0.1, 0.15) is 38.8 Å². The van der Waals surface area contributed by atoms with Crippen molar-refractivity contribution >= 4 is 5.91 Å². The number of benzene rings is 3. The molecule has 122 valence electrons. The Bertz CT molecular complexity index is 965. The van der Waals surface area contributed by atoms with Gasteiger partial charge in [-0.25, -0.2) is 0 Å². The van der Waals surface area contributed by atoms with Gasteiger partial charge in [-0.3, -0.25) is 9.69 Å². The lowest BCUT2D eigenvalue weighted by molar-refractivity contribution is 0.0141. The van der Waals surface area contributed by atoms with Crippen molar-refractivity contribution in [1.82, 2.24) is 4.90 Å². The Balaban J connectivity index is 1.55. The Morgan fingerprint density at radius 3 is 2.60 bits per heavy atom. The van der Waals surface area contributed by atoms with E-state index in [2.05, 4.69) is 42.5 Å². The van der Waals surface area contributed by atoms with Gasteiger partial charge in [-0.2, -0.15) is 0 Å². The molecular weight excluding hydrogens is 310 g/mol. The smallest absolute Gasteiger partial charge is 0.257 e. The number of para-hydroxylation sites is 1. The summed E-state index contributed by atoms with van der Waals surface area (Å²) in [5, 5.41) is 0. The molecule has 3 aromatic rings. The van der Waals surface area contributed by atoms with E-state index in [4.69, 9.17) is 4.74 Å². The minimum Gasteiger partial charge on any atom is -0.465 e.